The molecule has 1 aromatic heterocycles. The van der Waals surface area contributed by atoms with Gasteiger partial charge in [-0.05, 0) is 19.4 Å². The van der Waals surface area contributed by atoms with Gasteiger partial charge in [-0.3, -0.25) is 4.98 Å². The molecule has 66 valence electrons. The monoisotopic (exact) mass is 166 g/mol. The van der Waals surface area contributed by atoms with Crippen LogP contribution in [0.15, 0.2) is 12.4 Å². The first-order valence-electron chi connectivity index (χ1n) is 3.89. The summed E-state index contributed by atoms with van der Waals surface area (Å²) in [5.74, 6) is 0. The number of nitrogens with zero attached hydrogens (tertiary/aromatic N) is 1. The molecule has 0 aromatic carbocycles. The van der Waals surface area contributed by atoms with E-state index in [-0.39, 0.29) is 6.10 Å². The molecule has 0 saturated carbocycles. The van der Waals surface area contributed by atoms with Crippen LogP contribution in [0.2, 0.25) is 0 Å². The lowest BCUT2D eigenvalue weighted by Crippen LogP contribution is -2.04. The lowest BCUT2D eigenvalue weighted by Gasteiger charge is -2.14. The van der Waals surface area contributed by atoms with Gasteiger partial charge in [-0.1, -0.05) is 0 Å². The van der Waals surface area contributed by atoms with Crippen LogP contribution in [-0.4, -0.2) is 12.1 Å². The maximum atomic E-state index is 5.76. The Labute approximate surface area is 72.6 Å². The zero-order chi connectivity index (χ0) is 9.14. The molecular formula is C9H14N2O. The van der Waals surface area contributed by atoms with E-state index in [1.165, 1.54) is 0 Å². The summed E-state index contributed by atoms with van der Waals surface area (Å²) in [6.45, 7) is 3.95. The van der Waals surface area contributed by atoms with Crippen molar-refractivity contribution in [1.82, 2.24) is 4.98 Å². The van der Waals surface area contributed by atoms with Crippen LogP contribution in [-0.2, 0) is 4.74 Å². The molecule has 0 fully saturated rings. The van der Waals surface area contributed by atoms with E-state index in [0.717, 1.165) is 11.1 Å². The maximum absolute atomic E-state index is 5.76. The second-order valence-electron chi connectivity index (χ2n) is 2.84. The lowest BCUT2D eigenvalue weighted by molar-refractivity contribution is 0.119. The molecule has 1 aromatic rings. The third-order valence-electron chi connectivity index (χ3n) is 1.98. The average Bonchev–Trinajstić information content (AvgIpc) is 2.03. The Morgan fingerprint density at radius 2 is 2.17 bits per heavy atom. The highest BCUT2D eigenvalue weighted by molar-refractivity contribution is 5.49. The molecule has 1 heterocycles. The first-order chi connectivity index (χ1) is 5.66. The Balaban J connectivity index is 3.12. The molecule has 1 unspecified atom stereocenters. The van der Waals surface area contributed by atoms with Crippen molar-refractivity contribution >= 4 is 5.69 Å². The average molecular weight is 166 g/mol. The van der Waals surface area contributed by atoms with Gasteiger partial charge in [0.25, 0.3) is 0 Å². The summed E-state index contributed by atoms with van der Waals surface area (Å²) < 4.78 is 5.19. The number of nitrogen functional groups attached to an aromatic ring is 1. The fraction of sp³-hybridized carbons (Fsp3) is 0.444. The number of hydrogen-bond donors (Lipinski definition) is 1. The van der Waals surface area contributed by atoms with Crippen LogP contribution in [0.4, 0.5) is 5.69 Å². The number of methoxy groups -OCH3 is 1. The Kier molecular flexibility index (Phi) is 2.65. The summed E-state index contributed by atoms with van der Waals surface area (Å²) in [6.07, 6.45) is 3.48. The molecule has 1 atom stereocenters. The number of pyridine rings is 1. The molecule has 12 heavy (non-hydrogen) atoms. The van der Waals surface area contributed by atoms with E-state index in [1.54, 1.807) is 19.5 Å². The normalized spacial score (nSPS) is 12.9. The van der Waals surface area contributed by atoms with E-state index < -0.39 is 0 Å². The van der Waals surface area contributed by atoms with Gasteiger partial charge < -0.3 is 10.5 Å². The van der Waals surface area contributed by atoms with Crippen molar-refractivity contribution in [2.75, 3.05) is 12.8 Å². The molecule has 0 saturated heterocycles. The summed E-state index contributed by atoms with van der Waals surface area (Å²) in [5, 5.41) is 0. The quantitative estimate of drug-likeness (QED) is 0.727. The standard InChI is InChI=1S/C9H14N2O/c1-6-4-11-5-8(10)9(6)7(2)12-3/h4-5,7H,10H2,1-3H3. The Morgan fingerprint density at radius 3 is 2.67 bits per heavy atom. The minimum Gasteiger partial charge on any atom is -0.397 e. The van der Waals surface area contributed by atoms with Crippen LogP contribution in [0.25, 0.3) is 0 Å². The highest BCUT2D eigenvalue weighted by atomic mass is 16.5. The van der Waals surface area contributed by atoms with Crippen molar-refractivity contribution in [2.24, 2.45) is 0 Å². The van der Waals surface area contributed by atoms with Gasteiger partial charge in [-0.2, -0.15) is 0 Å². The topological polar surface area (TPSA) is 48.1 Å². The minimum absolute atomic E-state index is 0.0352. The third kappa shape index (κ3) is 1.56. The van der Waals surface area contributed by atoms with E-state index in [1.807, 2.05) is 13.8 Å². The number of anilines is 1. The van der Waals surface area contributed by atoms with Gasteiger partial charge in [-0.25, -0.2) is 0 Å². The van der Waals surface area contributed by atoms with Gasteiger partial charge >= 0.3 is 0 Å². The fourth-order valence-electron chi connectivity index (χ4n) is 1.27. The first-order valence-corrected chi connectivity index (χ1v) is 3.89. The molecule has 2 N–H and O–H groups in total. The van der Waals surface area contributed by atoms with E-state index in [0.29, 0.717) is 5.69 Å². The molecule has 3 heteroatoms. The minimum atomic E-state index is 0.0352. The number of aryl methyl sites for hydroxylation is 1. The molecule has 1 rings (SSSR count). The van der Waals surface area contributed by atoms with Gasteiger partial charge in [-0.15, -0.1) is 0 Å². The second-order valence-corrected chi connectivity index (χ2v) is 2.84. The summed E-state index contributed by atoms with van der Waals surface area (Å²) in [7, 11) is 1.67. The summed E-state index contributed by atoms with van der Waals surface area (Å²) in [6, 6.07) is 0. The molecule has 0 aliphatic heterocycles. The SMILES string of the molecule is COC(C)c1c(C)cncc1N. The molecule has 0 aliphatic rings. The Morgan fingerprint density at radius 1 is 1.50 bits per heavy atom. The molecule has 0 aliphatic carbocycles. The van der Waals surface area contributed by atoms with Crippen molar-refractivity contribution in [3.8, 4) is 0 Å². The zero-order valence-corrected chi connectivity index (χ0v) is 7.66. The van der Waals surface area contributed by atoms with E-state index in [9.17, 15) is 0 Å². The van der Waals surface area contributed by atoms with Crippen LogP contribution < -0.4 is 5.73 Å². The number of rotatable bonds is 2. The number of aromatic nitrogens is 1. The van der Waals surface area contributed by atoms with Gasteiger partial charge in [0, 0.05) is 18.9 Å². The number of ether oxygens (including phenoxy) is 1. The van der Waals surface area contributed by atoms with Crippen molar-refractivity contribution in [1.29, 1.82) is 0 Å². The molecular weight excluding hydrogens is 152 g/mol. The predicted octanol–water partition coefficient (Wildman–Crippen LogP) is 1.68. The van der Waals surface area contributed by atoms with Gasteiger partial charge in [0.15, 0.2) is 0 Å². The Hall–Kier alpha value is -1.09. The second kappa shape index (κ2) is 3.54. The fourth-order valence-corrected chi connectivity index (χ4v) is 1.27. The maximum Gasteiger partial charge on any atom is 0.0816 e. The molecule has 3 nitrogen and oxygen atoms in total. The van der Waals surface area contributed by atoms with Crippen LogP contribution in [0.3, 0.4) is 0 Å². The molecule has 0 spiro atoms. The molecule has 0 radical (unpaired) electrons. The number of hydrogen-bond acceptors (Lipinski definition) is 3. The van der Waals surface area contributed by atoms with Crippen molar-refractivity contribution in [3.05, 3.63) is 23.5 Å². The van der Waals surface area contributed by atoms with E-state index in [4.69, 9.17) is 10.5 Å². The third-order valence-corrected chi connectivity index (χ3v) is 1.98. The van der Waals surface area contributed by atoms with Gasteiger partial charge in [0.05, 0.1) is 18.0 Å². The first kappa shape index (κ1) is 9.00. The highest BCUT2D eigenvalue weighted by Crippen LogP contribution is 2.24. The highest BCUT2D eigenvalue weighted by Gasteiger charge is 2.10. The van der Waals surface area contributed by atoms with Gasteiger partial charge in [0.2, 0.25) is 0 Å². The van der Waals surface area contributed by atoms with Crippen LogP contribution in [0.5, 0.6) is 0 Å². The van der Waals surface area contributed by atoms with E-state index >= 15 is 0 Å². The lowest BCUT2D eigenvalue weighted by atomic mass is 10.1. The summed E-state index contributed by atoms with van der Waals surface area (Å²) >= 11 is 0. The van der Waals surface area contributed by atoms with Crippen LogP contribution >= 0.6 is 0 Å². The molecule has 0 amide bonds. The smallest absolute Gasteiger partial charge is 0.0816 e. The largest absolute Gasteiger partial charge is 0.397 e. The van der Waals surface area contributed by atoms with Crippen LogP contribution in [0, 0.1) is 6.92 Å². The summed E-state index contributed by atoms with van der Waals surface area (Å²) in [4.78, 5) is 3.98. The number of nitrogens with two attached hydrogens (primary N) is 1. The molecule has 0 bridgehead atoms. The van der Waals surface area contributed by atoms with Crippen molar-refractivity contribution in [3.63, 3.8) is 0 Å². The van der Waals surface area contributed by atoms with Crippen molar-refractivity contribution in [2.45, 2.75) is 20.0 Å². The van der Waals surface area contributed by atoms with E-state index in [2.05, 4.69) is 4.98 Å². The van der Waals surface area contributed by atoms with Crippen LogP contribution in [0.1, 0.15) is 24.2 Å². The zero-order valence-electron chi connectivity index (χ0n) is 7.66. The summed E-state index contributed by atoms with van der Waals surface area (Å²) in [5.41, 5.74) is 8.56. The van der Waals surface area contributed by atoms with Crippen molar-refractivity contribution < 1.29 is 4.74 Å². The predicted molar refractivity (Wildman–Crippen MR) is 48.8 cm³/mol. The van der Waals surface area contributed by atoms with Gasteiger partial charge in [0.1, 0.15) is 0 Å². The Bertz CT molecular complexity index is 253.